The van der Waals surface area contributed by atoms with E-state index in [4.69, 9.17) is 0 Å². The molecule has 0 radical (unpaired) electrons. The number of nitrogens with one attached hydrogen (secondary N) is 9. The number of carbonyl (C=O) groups is 9. The number of hydrogen-bond donors (Lipinski definition) is 10. The van der Waals surface area contributed by atoms with Crippen molar-refractivity contribution in [2.45, 2.75) is 65.1 Å². The summed E-state index contributed by atoms with van der Waals surface area (Å²) in [6, 6.07) is 2.39. The van der Waals surface area contributed by atoms with Crippen LogP contribution in [0.25, 0.3) is 0 Å². The molecule has 2 rings (SSSR count). The lowest BCUT2D eigenvalue weighted by Gasteiger charge is -2.32. The number of phenols is 1. The third-order valence-corrected chi connectivity index (χ3v) is 8.78. The van der Waals surface area contributed by atoms with E-state index in [9.17, 15) is 48.3 Å². The number of imidazole rings is 1. The first kappa shape index (κ1) is 47.2. The molecule has 0 saturated carbocycles. The topological polar surface area (TPSA) is 299 Å². The minimum atomic E-state index is -1.29. The smallest absolute Gasteiger partial charge is 0.243 e. The summed E-state index contributed by atoms with van der Waals surface area (Å²) in [5, 5.41) is 29.4. The summed E-state index contributed by atoms with van der Waals surface area (Å²) < 4.78 is 0. The number of hydrogen-bond acceptors (Lipinski definition) is 12. The monoisotopic (exact) mass is 816 g/mol. The summed E-state index contributed by atoms with van der Waals surface area (Å²) in [6.45, 7) is 4.99. The molecule has 2 aromatic rings. The summed E-state index contributed by atoms with van der Waals surface area (Å²) in [5.74, 6) is -3.95. The number of aldehydes is 1. The fourth-order valence-corrected chi connectivity index (χ4v) is 5.50. The number of amides is 8. The van der Waals surface area contributed by atoms with Crippen LogP contribution in [0.3, 0.4) is 0 Å². The van der Waals surface area contributed by atoms with Crippen LogP contribution in [0.2, 0.25) is 0 Å². The maximum atomic E-state index is 13.9. The second kappa shape index (κ2) is 24.5. The lowest BCUT2D eigenvalue weighted by molar-refractivity contribution is -0.135. The van der Waals surface area contributed by atoms with Gasteiger partial charge in [0.1, 0.15) is 30.2 Å². The van der Waals surface area contributed by atoms with Crippen LogP contribution >= 0.6 is 11.8 Å². The van der Waals surface area contributed by atoms with Crippen molar-refractivity contribution in [1.82, 2.24) is 52.5 Å². The minimum Gasteiger partial charge on any atom is -0.508 e. The summed E-state index contributed by atoms with van der Waals surface area (Å²) in [4.78, 5) is 119. The SMILES string of the molecule is CCSCCC(=O)NC(C(=O)N[C@@H](Cc1ccc(O)cc1)C(=O)N[C@@H](Cc1cnc[nH]1)C(=O)NCC(=O)NCC(=O)NCC(=O)NCC(=O)NCC=O)C(C)(C)C. The molecule has 0 aliphatic carbocycles. The average Bonchev–Trinajstić information content (AvgIpc) is 3.68. The number of phenolic OH excluding ortho intramolecular Hbond substituents is 1. The van der Waals surface area contributed by atoms with Gasteiger partial charge in [-0.3, -0.25) is 38.4 Å². The van der Waals surface area contributed by atoms with Crippen molar-refractivity contribution in [3.05, 3.63) is 48.0 Å². The summed E-state index contributed by atoms with van der Waals surface area (Å²) in [6.07, 6.45) is 3.32. The Hall–Kier alpha value is -5.99. The van der Waals surface area contributed by atoms with Gasteiger partial charge in [-0.05, 0) is 28.9 Å². The van der Waals surface area contributed by atoms with Crippen molar-refractivity contribution < 1.29 is 48.3 Å². The Morgan fingerprint density at radius 1 is 0.737 bits per heavy atom. The second-order valence-corrected chi connectivity index (χ2v) is 15.0. The van der Waals surface area contributed by atoms with Crippen LogP contribution in [0.4, 0.5) is 0 Å². The molecule has 312 valence electrons. The van der Waals surface area contributed by atoms with Gasteiger partial charge in [0.2, 0.25) is 47.3 Å². The standard InChI is InChI=1S/C36H52N10O10S/c1-5-57-13-10-27(49)46-32(36(2,3)4)35(56)45-25(14-22-6-8-24(48)9-7-22)34(55)44-26(15-23-16-37-21-43-23)33(54)42-20-31(53)41-19-30(52)40-18-29(51)39-17-28(50)38-11-12-47/h6-9,12,16,21,25-26,32,48H,5,10-11,13-15,17-20H2,1-4H3,(H,37,43)(H,38,50)(H,39,51)(H,40,52)(H,41,53)(H,42,54)(H,44,55)(H,45,56)(H,46,49)/t25-,26-,32?/m0/s1. The molecule has 57 heavy (non-hydrogen) atoms. The van der Waals surface area contributed by atoms with Gasteiger partial charge in [-0.2, -0.15) is 11.8 Å². The highest BCUT2D eigenvalue weighted by atomic mass is 32.2. The van der Waals surface area contributed by atoms with Gasteiger partial charge >= 0.3 is 0 Å². The Labute approximate surface area is 334 Å². The molecule has 3 atom stereocenters. The van der Waals surface area contributed by atoms with Gasteiger partial charge in [0.15, 0.2) is 0 Å². The highest BCUT2D eigenvalue weighted by Crippen LogP contribution is 2.21. The van der Waals surface area contributed by atoms with E-state index in [0.717, 1.165) is 5.75 Å². The van der Waals surface area contributed by atoms with Gasteiger partial charge in [-0.25, -0.2) is 4.98 Å². The van der Waals surface area contributed by atoms with E-state index < -0.39 is 91.1 Å². The van der Waals surface area contributed by atoms with Crippen molar-refractivity contribution in [2.75, 3.05) is 44.2 Å². The van der Waals surface area contributed by atoms with E-state index in [0.29, 0.717) is 23.3 Å². The number of aromatic nitrogens is 2. The first-order valence-electron chi connectivity index (χ1n) is 18.0. The first-order chi connectivity index (χ1) is 27.0. The maximum absolute atomic E-state index is 13.9. The molecule has 8 amide bonds. The quantitative estimate of drug-likeness (QED) is 0.0383. The van der Waals surface area contributed by atoms with Gasteiger partial charge < -0.3 is 57.4 Å². The van der Waals surface area contributed by atoms with Crippen molar-refractivity contribution in [2.24, 2.45) is 5.41 Å². The predicted molar refractivity (Wildman–Crippen MR) is 208 cm³/mol. The molecule has 1 aromatic carbocycles. The second-order valence-electron chi connectivity index (χ2n) is 13.6. The van der Waals surface area contributed by atoms with Crippen molar-refractivity contribution in [3.63, 3.8) is 0 Å². The third-order valence-electron chi connectivity index (χ3n) is 7.88. The molecular weight excluding hydrogens is 765 g/mol. The fourth-order valence-electron chi connectivity index (χ4n) is 4.88. The molecule has 1 aromatic heterocycles. The highest BCUT2D eigenvalue weighted by Gasteiger charge is 2.36. The fraction of sp³-hybridized carbons (Fsp3) is 0.500. The Morgan fingerprint density at radius 3 is 1.81 bits per heavy atom. The summed E-state index contributed by atoms with van der Waals surface area (Å²) in [7, 11) is 0. The number of aromatic amines is 1. The summed E-state index contributed by atoms with van der Waals surface area (Å²) in [5.41, 5.74) is 0.266. The van der Waals surface area contributed by atoms with Gasteiger partial charge in [-0.15, -0.1) is 0 Å². The molecule has 1 heterocycles. The van der Waals surface area contributed by atoms with Crippen LogP contribution in [-0.4, -0.2) is 131 Å². The number of carbonyl (C=O) groups excluding carboxylic acids is 9. The normalized spacial score (nSPS) is 12.4. The number of nitrogens with zero attached hydrogens (tertiary/aromatic N) is 1. The maximum Gasteiger partial charge on any atom is 0.243 e. The van der Waals surface area contributed by atoms with E-state index in [-0.39, 0.29) is 37.5 Å². The van der Waals surface area contributed by atoms with Crippen molar-refractivity contribution >= 4 is 65.3 Å². The van der Waals surface area contributed by atoms with Crippen LogP contribution in [0.15, 0.2) is 36.8 Å². The van der Waals surface area contributed by atoms with E-state index >= 15 is 0 Å². The van der Waals surface area contributed by atoms with Crippen molar-refractivity contribution in [3.8, 4) is 5.75 Å². The Bertz CT molecular complexity index is 1680. The lowest BCUT2D eigenvalue weighted by atomic mass is 9.85. The van der Waals surface area contributed by atoms with Gasteiger partial charge in [-0.1, -0.05) is 39.8 Å². The zero-order valence-electron chi connectivity index (χ0n) is 32.3. The molecule has 21 heteroatoms. The Balaban J connectivity index is 2.11. The average molecular weight is 817 g/mol. The number of aromatic hydroxyl groups is 1. The Kier molecular flexibility index (Phi) is 20.3. The first-order valence-corrected chi connectivity index (χ1v) is 19.2. The number of benzene rings is 1. The van der Waals surface area contributed by atoms with Crippen LogP contribution in [0.5, 0.6) is 5.75 Å². The molecule has 0 aliphatic rings. The van der Waals surface area contributed by atoms with E-state index in [2.05, 4.69) is 52.5 Å². The number of thioether (sulfide) groups is 1. The molecule has 1 unspecified atom stereocenters. The molecule has 20 nitrogen and oxygen atoms in total. The summed E-state index contributed by atoms with van der Waals surface area (Å²) >= 11 is 1.58. The van der Waals surface area contributed by atoms with Crippen LogP contribution < -0.4 is 42.5 Å². The van der Waals surface area contributed by atoms with Crippen LogP contribution in [-0.2, 0) is 56.0 Å². The van der Waals surface area contributed by atoms with Gasteiger partial charge in [0.05, 0.1) is 39.1 Å². The number of H-pyrrole nitrogens is 1. The zero-order chi connectivity index (χ0) is 42.4. The highest BCUT2D eigenvalue weighted by molar-refractivity contribution is 7.99. The predicted octanol–water partition coefficient (Wildman–Crippen LogP) is -2.68. The van der Waals surface area contributed by atoms with Gasteiger partial charge in [0, 0.05) is 36.9 Å². The molecule has 0 saturated heterocycles. The number of rotatable bonds is 24. The molecular formula is C36H52N10O10S. The molecule has 0 aliphatic heterocycles. The van der Waals surface area contributed by atoms with Crippen LogP contribution in [0.1, 0.15) is 45.4 Å². The molecule has 0 bridgehead atoms. The lowest BCUT2D eigenvalue weighted by Crippen LogP contribution is -2.60. The Morgan fingerprint density at radius 2 is 1.28 bits per heavy atom. The molecule has 0 spiro atoms. The third kappa shape index (κ3) is 18.9. The van der Waals surface area contributed by atoms with Crippen molar-refractivity contribution in [1.29, 1.82) is 0 Å². The molecule has 0 fully saturated rings. The van der Waals surface area contributed by atoms with Gasteiger partial charge in [0.25, 0.3) is 0 Å². The minimum absolute atomic E-state index is 0.0137. The largest absolute Gasteiger partial charge is 0.508 e. The van der Waals surface area contributed by atoms with Crippen LogP contribution in [0, 0.1) is 5.41 Å². The van der Waals surface area contributed by atoms with E-state index in [1.165, 1.54) is 24.7 Å². The molecule has 10 N–H and O–H groups in total. The zero-order valence-corrected chi connectivity index (χ0v) is 33.1. The van der Waals surface area contributed by atoms with E-state index in [1.54, 1.807) is 44.7 Å². The van der Waals surface area contributed by atoms with E-state index in [1.807, 2.05) is 6.92 Å².